The Morgan fingerprint density at radius 1 is 1.43 bits per heavy atom. The lowest BCUT2D eigenvalue weighted by atomic mass is 9.89. The van der Waals surface area contributed by atoms with Crippen molar-refractivity contribution in [3.63, 3.8) is 0 Å². The summed E-state index contributed by atoms with van der Waals surface area (Å²) in [6, 6.07) is 3.76. The second kappa shape index (κ2) is 6.43. The largest absolute Gasteiger partial charge is 0.462 e. The molecular weight excluding hydrogens is 284 g/mol. The SMILES string of the molecule is Cc1nc(-c2ccco2)sc1CNC(=O)C1CCCCC1. The molecule has 1 saturated carbocycles. The maximum absolute atomic E-state index is 12.2. The second-order valence-corrected chi connectivity index (χ2v) is 6.64. The van der Waals surface area contributed by atoms with Crippen LogP contribution in [0.25, 0.3) is 10.8 Å². The van der Waals surface area contributed by atoms with Crippen molar-refractivity contribution >= 4 is 17.2 Å². The lowest BCUT2D eigenvalue weighted by Crippen LogP contribution is -2.31. The number of aromatic nitrogens is 1. The number of rotatable bonds is 4. The summed E-state index contributed by atoms with van der Waals surface area (Å²) in [5, 5.41) is 3.94. The number of carbonyl (C=O) groups is 1. The molecule has 2 heterocycles. The summed E-state index contributed by atoms with van der Waals surface area (Å²) in [4.78, 5) is 17.8. The molecule has 1 amide bonds. The van der Waals surface area contributed by atoms with Gasteiger partial charge in [-0.2, -0.15) is 0 Å². The first-order valence-corrected chi connectivity index (χ1v) is 8.33. The highest BCUT2D eigenvalue weighted by atomic mass is 32.1. The number of furan rings is 1. The number of hydrogen-bond acceptors (Lipinski definition) is 4. The molecule has 4 nitrogen and oxygen atoms in total. The Bertz CT molecular complexity index is 598. The van der Waals surface area contributed by atoms with Gasteiger partial charge in [-0.3, -0.25) is 4.79 Å². The molecule has 0 spiro atoms. The van der Waals surface area contributed by atoms with Gasteiger partial charge < -0.3 is 9.73 Å². The van der Waals surface area contributed by atoms with Gasteiger partial charge in [0.1, 0.15) is 0 Å². The van der Waals surface area contributed by atoms with Crippen molar-refractivity contribution in [2.45, 2.75) is 45.6 Å². The van der Waals surface area contributed by atoms with Crippen LogP contribution in [0.3, 0.4) is 0 Å². The van der Waals surface area contributed by atoms with Crippen molar-refractivity contribution in [3.05, 3.63) is 29.0 Å². The van der Waals surface area contributed by atoms with E-state index < -0.39 is 0 Å². The zero-order valence-electron chi connectivity index (χ0n) is 12.2. The minimum Gasteiger partial charge on any atom is -0.462 e. The summed E-state index contributed by atoms with van der Waals surface area (Å²) in [7, 11) is 0. The van der Waals surface area contributed by atoms with E-state index in [0.717, 1.165) is 34.2 Å². The van der Waals surface area contributed by atoms with Gasteiger partial charge in [0, 0.05) is 10.8 Å². The molecule has 0 radical (unpaired) electrons. The van der Waals surface area contributed by atoms with Crippen LogP contribution in [0.4, 0.5) is 0 Å². The van der Waals surface area contributed by atoms with Crippen LogP contribution in [0.1, 0.15) is 42.7 Å². The standard InChI is InChI=1S/C16H20N2O2S/c1-11-14(21-16(18-11)13-8-5-9-20-13)10-17-15(19)12-6-3-2-4-7-12/h5,8-9,12H,2-4,6-7,10H2,1H3,(H,17,19). The van der Waals surface area contributed by atoms with E-state index >= 15 is 0 Å². The molecule has 1 fully saturated rings. The fourth-order valence-electron chi connectivity index (χ4n) is 2.77. The molecule has 1 N–H and O–H groups in total. The summed E-state index contributed by atoms with van der Waals surface area (Å²) < 4.78 is 5.37. The number of aryl methyl sites for hydroxylation is 1. The van der Waals surface area contributed by atoms with E-state index in [4.69, 9.17) is 4.42 Å². The fourth-order valence-corrected chi connectivity index (χ4v) is 3.74. The third-order valence-corrected chi connectivity index (χ3v) is 5.20. The summed E-state index contributed by atoms with van der Waals surface area (Å²) in [6.45, 7) is 2.55. The zero-order valence-corrected chi connectivity index (χ0v) is 13.0. The molecule has 112 valence electrons. The molecule has 0 aromatic carbocycles. The molecular formula is C16H20N2O2S. The molecule has 0 saturated heterocycles. The van der Waals surface area contributed by atoms with Crippen molar-refractivity contribution in [3.8, 4) is 10.8 Å². The Balaban J connectivity index is 1.61. The molecule has 1 aliphatic carbocycles. The van der Waals surface area contributed by atoms with Gasteiger partial charge in [0.15, 0.2) is 10.8 Å². The van der Waals surface area contributed by atoms with Crippen LogP contribution >= 0.6 is 11.3 Å². The smallest absolute Gasteiger partial charge is 0.223 e. The van der Waals surface area contributed by atoms with Crippen LogP contribution in [-0.2, 0) is 11.3 Å². The molecule has 5 heteroatoms. The third kappa shape index (κ3) is 3.35. The predicted octanol–water partition coefficient (Wildman–Crippen LogP) is 3.91. The molecule has 0 unspecified atom stereocenters. The molecule has 3 rings (SSSR count). The Hall–Kier alpha value is -1.62. The van der Waals surface area contributed by atoms with Crippen LogP contribution in [0.2, 0.25) is 0 Å². The van der Waals surface area contributed by atoms with E-state index in [1.807, 2.05) is 19.1 Å². The van der Waals surface area contributed by atoms with Crippen molar-refractivity contribution in [1.29, 1.82) is 0 Å². The van der Waals surface area contributed by atoms with Crippen molar-refractivity contribution in [1.82, 2.24) is 10.3 Å². The maximum atomic E-state index is 12.2. The van der Waals surface area contributed by atoms with Crippen LogP contribution in [0, 0.1) is 12.8 Å². The van der Waals surface area contributed by atoms with Gasteiger partial charge in [0.25, 0.3) is 0 Å². The molecule has 0 atom stereocenters. The van der Waals surface area contributed by atoms with Crippen LogP contribution < -0.4 is 5.32 Å². The fraction of sp³-hybridized carbons (Fsp3) is 0.500. The number of hydrogen-bond donors (Lipinski definition) is 1. The van der Waals surface area contributed by atoms with Crippen LogP contribution in [0.5, 0.6) is 0 Å². The summed E-state index contributed by atoms with van der Waals surface area (Å²) >= 11 is 1.59. The maximum Gasteiger partial charge on any atom is 0.223 e. The molecule has 21 heavy (non-hydrogen) atoms. The molecule has 1 aliphatic rings. The number of thiazole rings is 1. The predicted molar refractivity (Wildman–Crippen MR) is 83.0 cm³/mol. The van der Waals surface area contributed by atoms with Crippen LogP contribution in [-0.4, -0.2) is 10.9 Å². The van der Waals surface area contributed by atoms with E-state index in [9.17, 15) is 4.79 Å². The second-order valence-electron chi connectivity index (χ2n) is 5.56. The Kier molecular flexibility index (Phi) is 4.39. The van der Waals surface area contributed by atoms with Crippen molar-refractivity contribution < 1.29 is 9.21 Å². The highest BCUT2D eigenvalue weighted by Crippen LogP contribution is 2.28. The summed E-state index contributed by atoms with van der Waals surface area (Å²) in [6.07, 6.45) is 7.35. The normalized spacial score (nSPS) is 16.0. The number of nitrogens with zero attached hydrogens (tertiary/aromatic N) is 1. The minimum absolute atomic E-state index is 0.196. The first-order valence-electron chi connectivity index (χ1n) is 7.52. The van der Waals surface area contributed by atoms with Gasteiger partial charge in [-0.05, 0) is 31.9 Å². The van der Waals surface area contributed by atoms with Crippen molar-refractivity contribution in [2.75, 3.05) is 0 Å². The first-order chi connectivity index (χ1) is 10.2. The van der Waals surface area contributed by atoms with Gasteiger partial charge in [0.05, 0.1) is 18.5 Å². The minimum atomic E-state index is 0.196. The third-order valence-electron chi connectivity index (χ3n) is 4.02. The topological polar surface area (TPSA) is 55.1 Å². The van der Waals surface area contributed by atoms with Crippen LogP contribution in [0.15, 0.2) is 22.8 Å². The first kappa shape index (κ1) is 14.3. The van der Waals surface area contributed by atoms with Crippen molar-refractivity contribution in [2.24, 2.45) is 5.92 Å². The lowest BCUT2D eigenvalue weighted by molar-refractivity contribution is -0.126. The van der Waals surface area contributed by atoms with Gasteiger partial charge >= 0.3 is 0 Å². The molecule has 2 aromatic rings. The van der Waals surface area contributed by atoms with E-state index in [-0.39, 0.29) is 11.8 Å². The van der Waals surface area contributed by atoms with E-state index in [0.29, 0.717) is 6.54 Å². The zero-order chi connectivity index (χ0) is 14.7. The Labute approximate surface area is 128 Å². The van der Waals surface area contributed by atoms with Gasteiger partial charge in [-0.1, -0.05) is 19.3 Å². The van der Waals surface area contributed by atoms with Gasteiger partial charge in [-0.15, -0.1) is 11.3 Å². The quantitative estimate of drug-likeness (QED) is 0.931. The average Bonchev–Trinajstić information content (AvgIpc) is 3.15. The Morgan fingerprint density at radius 3 is 2.95 bits per heavy atom. The average molecular weight is 304 g/mol. The highest BCUT2D eigenvalue weighted by molar-refractivity contribution is 7.15. The number of carbonyl (C=O) groups excluding carboxylic acids is 1. The van der Waals surface area contributed by atoms with Gasteiger partial charge in [-0.25, -0.2) is 4.98 Å². The Morgan fingerprint density at radius 2 is 2.24 bits per heavy atom. The van der Waals surface area contributed by atoms with E-state index in [1.54, 1.807) is 17.6 Å². The molecule has 2 aromatic heterocycles. The summed E-state index contributed by atoms with van der Waals surface area (Å²) in [5.74, 6) is 1.19. The monoisotopic (exact) mass is 304 g/mol. The van der Waals surface area contributed by atoms with E-state index in [1.165, 1.54) is 19.3 Å². The van der Waals surface area contributed by atoms with E-state index in [2.05, 4.69) is 10.3 Å². The van der Waals surface area contributed by atoms with Gasteiger partial charge in [0.2, 0.25) is 5.91 Å². The highest BCUT2D eigenvalue weighted by Gasteiger charge is 2.21. The number of nitrogens with one attached hydrogen (secondary N) is 1. The lowest BCUT2D eigenvalue weighted by Gasteiger charge is -2.20. The molecule has 0 bridgehead atoms. The molecule has 0 aliphatic heterocycles. The number of amides is 1. The summed E-state index contributed by atoms with van der Waals surface area (Å²) in [5.41, 5.74) is 0.968.